The van der Waals surface area contributed by atoms with Crippen LogP contribution < -0.4 is 9.62 Å². The van der Waals surface area contributed by atoms with E-state index in [2.05, 4.69) is 5.32 Å². The van der Waals surface area contributed by atoms with Crippen LogP contribution in [0.5, 0.6) is 0 Å². The third-order valence-electron chi connectivity index (χ3n) is 6.23. The standard InChI is InChI=1S/C25H31Cl2N3O4S/c1-18(25(32)28-19-10-5-3-6-11-19)29(16-21-22(26)14-9-15-23(21)27)24(31)17-30(35(2,33)34)20-12-7-4-8-13-20/h4,7-9,12-15,18-19H,3,5-6,10-11,16-17H2,1-2H3,(H,28,32)/t18-/m0/s1. The molecular formula is C25H31Cl2N3O4S. The number of nitrogens with one attached hydrogen (secondary N) is 1. The van der Waals surface area contributed by atoms with E-state index in [0.717, 1.165) is 42.7 Å². The van der Waals surface area contributed by atoms with Crippen LogP contribution in [0.25, 0.3) is 0 Å². The highest BCUT2D eigenvalue weighted by Gasteiger charge is 2.31. The van der Waals surface area contributed by atoms with E-state index in [1.54, 1.807) is 55.5 Å². The Balaban J connectivity index is 1.90. The Morgan fingerprint density at radius 1 is 1.00 bits per heavy atom. The Labute approximate surface area is 217 Å². The summed E-state index contributed by atoms with van der Waals surface area (Å²) >= 11 is 12.7. The second-order valence-corrected chi connectivity index (χ2v) is 11.6. The first-order valence-corrected chi connectivity index (χ1v) is 14.2. The SMILES string of the molecule is C[C@@H](C(=O)NC1CCCCC1)N(Cc1c(Cl)cccc1Cl)C(=O)CN(c1ccccc1)S(C)(=O)=O. The molecule has 1 atom stereocenters. The summed E-state index contributed by atoms with van der Waals surface area (Å²) in [7, 11) is -3.77. The summed E-state index contributed by atoms with van der Waals surface area (Å²) in [5, 5.41) is 3.77. The maximum absolute atomic E-state index is 13.6. The average Bonchev–Trinajstić information content (AvgIpc) is 2.82. The van der Waals surface area contributed by atoms with Gasteiger partial charge in [0.25, 0.3) is 0 Å². The molecule has 0 aromatic heterocycles. The minimum absolute atomic E-state index is 0.0387. The number of sulfonamides is 1. The second kappa shape index (κ2) is 12.1. The first kappa shape index (κ1) is 27.3. The Kier molecular flexibility index (Phi) is 9.44. The van der Waals surface area contributed by atoms with E-state index in [9.17, 15) is 18.0 Å². The van der Waals surface area contributed by atoms with Crippen LogP contribution in [-0.4, -0.2) is 50.0 Å². The highest BCUT2D eigenvalue weighted by atomic mass is 35.5. The maximum Gasteiger partial charge on any atom is 0.244 e. The monoisotopic (exact) mass is 539 g/mol. The number of hydrogen-bond donors (Lipinski definition) is 1. The highest BCUT2D eigenvalue weighted by Crippen LogP contribution is 2.27. The molecule has 1 aliphatic carbocycles. The summed E-state index contributed by atoms with van der Waals surface area (Å²) in [4.78, 5) is 28.1. The van der Waals surface area contributed by atoms with Gasteiger partial charge in [0.2, 0.25) is 21.8 Å². The van der Waals surface area contributed by atoms with Gasteiger partial charge < -0.3 is 10.2 Å². The van der Waals surface area contributed by atoms with Crippen LogP contribution in [0.1, 0.15) is 44.6 Å². The van der Waals surface area contributed by atoms with Crippen molar-refractivity contribution in [2.75, 3.05) is 17.1 Å². The minimum atomic E-state index is -3.77. The van der Waals surface area contributed by atoms with Crippen molar-refractivity contribution in [3.05, 3.63) is 64.1 Å². The molecule has 0 radical (unpaired) electrons. The van der Waals surface area contributed by atoms with E-state index in [4.69, 9.17) is 23.2 Å². The van der Waals surface area contributed by atoms with Gasteiger partial charge in [-0.05, 0) is 44.0 Å². The van der Waals surface area contributed by atoms with Crippen molar-refractivity contribution in [1.82, 2.24) is 10.2 Å². The van der Waals surface area contributed by atoms with Crippen molar-refractivity contribution >= 4 is 50.7 Å². The topological polar surface area (TPSA) is 86.8 Å². The van der Waals surface area contributed by atoms with Crippen LogP contribution in [0, 0.1) is 0 Å². The number of benzene rings is 2. The van der Waals surface area contributed by atoms with Crippen LogP contribution in [0.4, 0.5) is 5.69 Å². The average molecular weight is 541 g/mol. The molecule has 2 aromatic carbocycles. The Hall–Kier alpha value is -2.29. The Bertz CT molecular complexity index is 1120. The van der Waals surface area contributed by atoms with Crippen molar-refractivity contribution < 1.29 is 18.0 Å². The van der Waals surface area contributed by atoms with Crippen molar-refractivity contribution in [3.8, 4) is 0 Å². The van der Waals surface area contributed by atoms with Crippen molar-refractivity contribution in [2.24, 2.45) is 0 Å². The summed E-state index contributed by atoms with van der Waals surface area (Å²) in [6, 6.07) is 12.6. The zero-order valence-electron chi connectivity index (χ0n) is 19.9. The Morgan fingerprint density at radius 3 is 2.17 bits per heavy atom. The molecule has 190 valence electrons. The van der Waals surface area contributed by atoms with E-state index in [-0.39, 0.29) is 18.5 Å². The van der Waals surface area contributed by atoms with E-state index in [1.165, 1.54) is 4.90 Å². The molecule has 0 aliphatic heterocycles. The molecule has 3 rings (SSSR count). The largest absolute Gasteiger partial charge is 0.352 e. The quantitative estimate of drug-likeness (QED) is 0.503. The lowest BCUT2D eigenvalue weighted by Gasteiger charge is -2.33. The number of rotatable bonds is 9. The molecule has 2 amide bonds. The third-order valence-corrected chi connectivity index (χ3v) is 8.08. The van der Waals surface area contributed by atoms with Gasteiger partial charge in [0.1, 0.15) is 12.6 Å². The zero-order chi connectivity index (χ0) is 25.6. The summed E-state index contributed by atoms with van der Waals surface area (Å²) in [5.41, 5.74) is 0.852. The van der Waals surface area contributed by atoms with Gasteiger partial charge in [-0.2, -0.15) is 0 Å². The third kappa shape index (κ3) is 7.35. The highest BCUT2D eigenvalue weighted by molar-refractivity contribution is 7.92. The van der Waals surface area contributed by atoms with Crippen LogP contribution in [0.3, 0.4) is 0 Å². The number of hydrogen-bond acceptors (Lipinski definition) is 4. The fraction of sp³-hybridized carbons (Fsp3) is 0.440. The summed E-state index contributed by atoms with van der Waals surface area (Å²) in [6.45, 7) is 1.13. The van der Waals surface area contributed by atoms with E-state index in [0.29, 0.717) is 21.3 Å². The van der Waals surface area contributed by atoms with Crippen molar-refractivity contribution in [1.29, 1.82) is 0 Å². The van der Waals surface area contributed by atoms with Crippen LogP contribution >= 0.6 is 23.2 Å². The van der Waals surface area contributed by atoms with Gasteiger partial charge in [0.05, 0.1) is 11.9 Å². The van der Waals surface area contributed by atoms with Gasteiger partial charge in [-0.3, -0.25) is 13.9 Å². The lowest BCUT2D eigenvalue weighted by Crippen LogP contribution is -2.53. The lowest BCUT2D eigenvalue weighted by molar-refractivity contribution is -0.139. The molecule has 1 fully saturated rings. The summed E-state index contributed by atoms with van der Waals surface area (Å²) < 4.78 is 26.1. The van der Waals surface area contributed by atoms with Gasteiger partial charge in [-0.15, -0.1) is 0 Å². The number of amides is 2. The van der Waals surface area contributed by atoms with Gasteiger partial charge in [0.15, 0.2) is 0 Å². The number of para-hydroxylation sites is 1. The predicted octanol–water partition coefficient (Wildman–Crippen LogP) is 4.63. The second-order valence-electron chi connectivity index (χ2n) is 8.85. The normalized spacial score (nSPS) is 15.3. The summed E-state index contributed by atoms with van der Waals surface area (Å²) in [5.74, 6) is -0.833. The molecule has 1 saturated carbocycles. The molecule has 2 aromatic rings. The molecule has 0 bridgehead atoms. The van der Waals surface area contributed by atoms with Crippen molar-refractivity contribution in [3.63, 3.8) is 0 Å². The fourth-order valence-corrected chi connectivity index (χ4v) is 5.58. The van der Waals surface area contributed by atoms with Crippen LogP contribution in [0.15, 0.2) is 48.5 Å². The number of nitrogens with zero attached hydrogens (tertiary/aromatic N) is 2. The number of halogens is 2. The minimum Gasteiger partial charge on any atom is -0.352 e. The molecule has 1 N–H and O–H groups in total. The molecule has 1 aliphatic rings. The predicted molar refractivity (Wildman–Crippen MR) is 140 cm³/mol. The van der Waals surface area contributed by atoms with Crippen molar-refractivity contribution in [2.45, 2.75) is 57.7 Å². The smallest absolute Gasteiger partial charge is 0.244 e. The number of carbonyl (C=O) groups is 2. The van der Waals surface area contributed by atoms with Gasteiger partial charge in [0, 0.05) is 28.2 Å². The summed E-state index contributed by atoms with van der Waals surface area (Å²) in [6.07, 6.45) is 6.10. The molecule has 10 heteroatoms. The molecule has 0 unspecified atom stereocenters. The molecular weight excluding hydrogens is 509 g/mol. The number of anilines is 1. The molecule has 0 saturated heterocycles. The maximum atomic E-state index is 13.6. The van der Waals surface area contributed by atoms with Gasteiger partial charge in [-0.25, -0.2) is 8.42 Å². The van der Waals surface area contributed by atoms with Crippen LogP contribution in [-0.2, 0) is 26.2 Å². The van der Waals surface area contributed by atoms with Gasteiger partial charge >= 0.3 is 0 Å². The first-order valence-electron chi connectivity index (χ1n) is 11.6. The van der Waals surface area contributed by atoms with Gasteiger partial charge in [-0.1, -0.05) is 66.7 Å². The number of carbonyl (C=O) groups excluding carboxylic acids is 2. The first-order chi connectivity index (χ1) is 16.6. The van der Waals surface area contributed by atoms with E-state index >= 15 is 0 Å². The fourth-order valence-electron chi connectivity index (χ4n) is 4.21. The molecule has 7 nitrogen and oxygen atoms in total. The lowest BCUT2D eigenvalue weighted by atomic mass is 9.95. The van der Waals surface area contributed by atoms with Crippen LogP contribution in [0.2, 0.25) is 10.0 Å². The van der Waals surface area contributed by atoms with E-state index < -0.39 is 28.5 Å². The van der Waals surface area contributed by atoms with E-state index in [1.807, 2.05) is 0 Å². The molecule has 0 spiro atoms. The molecule has 0 heterocycles. The Morgan fingerprint density at radius 2 is 1.60 bits per heavy atom. The molecule has 35 heavy (non-hydrogen) atoms. The zero-order valence-corrected chi connectivity index (χ0v) is 22.2.